The maximum absolute atomic E-state index is 12.3. The number of aromatic nitrogens is 1. The molecule has 0 fully saturated rings. The summed E-state index contributed by atoms with van der Waals surface area (Å²) >= 11 is 0. The summed E-state index contributed by atoms with van der Waals surface area (Å²) in [7, 11) is 0. The fourth-order valence-corrected chi connectivity index (χ4v) is 2.51. The molecule has 0 aliphatic carbocycles. The van der Waals surface area contributed by atoms with E-state index in [1.165, 1.54) is 5.56 Å². The summed E-state index contributed by atoms with van der Waals surface area (Å²) in [5.41, 5.74) is 3.94. The van der Waals surface area contributed by atoms with Crippen LogP contribution in [0.25, 0.3) is 0 Å². The van der Waals surface area contributed by atoms with Crippen molar-refractivity contribution in [2.75, 3.05) is 6.54 Å². The molecule has 5 nitrogen and oxygen atoms in total. The van der Waals surface area contributed by atoms with E-state index < -0.39 is 0 Å². The number of fused-ring (bicyclic) bond motifs is 1. The van der Waals surface area contributed by atoms with Gasteiger partial charge in [-0.1, -0.05) is 17.3 Å². The van der Waals surface area contributed by atoms with Crippen LogP contribution in [0.5, 0.6) is 0 Å². The van der Waals surface area contributed by atoms with E-state index >= 15 is 0 Å². The molecule has 1 aliphatic heterocycles. The number of nitrogens with one attached hydrogen (secondary N) is 2. The molecule has 0 saturated carbocycles. The minimum absolute atomic E-state index is 0.0576. The Morgan fingerprint density at radius 1 is 1.50 bits per heavy atom. The quantitative estimate of drug-likeness (QED) is 0.889. The SMILES string of the molecule is Cc1cc(CNC(=O)c2cccc3c2CCNC3)on1. The molecule has 0 atom stereocenters. The Bertz CT molecular complexity index is 634. The first-order valence-corrected chi connectivity index (χ1v) is 6.76. The number of nitrogens with zero attached hydrogens (tertiary/aromatic N) is 1. The van der Waals surface area contributed by atoms with Crippen LogP contribution in [0.3, 0.4) is 0 Å². The standard InChI is InChI=1S/C15H17N3O2/c1-10-7-12(20-18-10)9-17-15(19)14-4-2-3-11-8-16-6-5-13(11)14/h2-4,7,16H,5-6,8-9H2,1H3,(H,17,19). The second kappa shape index (κ2) is 5.46. The minimum Gasteiger partial charge on any atom is -0.359 e. The summed E-state index contributed by atoms with van der Waals surface area (Å²) in [6.45, 7) is 3.97. The lowest BCUT2D eigenvalue weighted by molar-refractivity contribution is 0.0946. The lowest BCUT2D eigenvalue weighted by Gasteiger charge is -2.19. The summed E-state index contributed by atoms with van der Waals surface area (Å²) in [5.74, 6) is 0.611. The molecular formula is C15H17N3O2. The van der Waals surface area contributed by atoms with E-state index in [-0.39, 0.29) is 5.91 Å². The van der Waals surface area contributed by atoms with Gasteiger partial charge in [-0.05, 0) is 37.1 Å². The maximum Gasteiger partial charge on any atom is 0.251 e. The number of benzene rings is 1. The van der Waals surface area contributed by atoms with Crippen molar-refractivity contribution in [1.29, 1.82) is 0 Å². The first-order valence-electron chi connectivity index (χ1n) is 6.76. The third kappa shape index (κ3) is 2.58. The Labute approximate surface area is 117 Å². The predicted octanol–water partition coefficient (Wildman–Crippen LogP) is 1.56. The molecule has 20 heavy (non-hydrogen) atoms. The van der Waals surface area contributed by atoms with Crippen LogP contribution in [0.2, 0.25) is 0 Å². The van der Waals surface area contributed by atoms with Gasteiger partial charge in [0.05, 0.1) is 12.2 Å². The van der Waals surface area contributed by atoms with Gasteiger partial charge in [-0.25, -0.2) is 0 Å². The van der Waals surface area contributed by atoms with Crippen molar-refractivity contribution in [2.24, 2.45) is 0 Å². The molecular weight excluding hydrogens is 254 g/mol. The molecule has 104 valence electrons. The maximum atomic E-state index is 12.3. The molecule has 0 bridgehead atoms. The van der Waals surface area contributed by atoms with Gasteiger partial charge in [0.25, 0.3) is 5.91 Å². The Morgan fingerprint density at radius 3 is 3.20 bits per heavy atom. The van der Waals surface area contributed by atoms with Gasteiger partial charge in [-0.3, -0.25) is 4.79 Å². The van der Waals surface area contributed by atoms with Crippen molar-refractivity contribution in [1.82, 2.24) is 15.8 Å². The fraction of sp³-hybridized carbons (Fsp3) is 0.333. The summed E-state index contributed by atoms with van der Waals surface area (Å²) in [4.78, 5) is 12.3. The molecule has 1 aliphatic rings. The van der Waals surface area contributed by atoms with Crippen molar-refractivity contribution in [2.45, 2.75) is 26.4 Å². The zero-order chi connectivity index (χ0) is 13.9. The number of aryl methyl sites for hydroxylation is 1. The average molecular weight is 271 g/mol. The van der Waals surface area contributed by atoms with Crippen LogP contribution in [-0.4, -0.2) is 17.6 Å². The first kappa shape index (κ1) is 12.9. The Balaban J connectivity index is 1.74. The topological polar surface area (TPSA) is 67.2 Å². The molecule has 1 amide bonds. The van der Waals surface area contributed by atoms with E-state index in [0.29, 0.717) is 12.3 Å². The molecule has 2 N–H and O–H groups in total. The van der Waals surface area contributed by atoms with Gasteiger partial charge in [-0.15, -0.1) is 0 Å². The molecule has 0 unspecified atom stereocenters. The lowest BCUT2D eigenvalue weighted by atomic mass is 9.95. The molecule has 5 heteroatoms. The van der Waals surface area contributed by atoms with Crippen molar-refractivity contribution in [3.05, 3.63) is 52.4 Å². The van der Waals surface area contributed by atoms with Gasteiger partial charge in [0.2, 0.25) is 0 Å². The first-order chi connectivity index (χ1) is 9.74. The number of amides is 1. The summed E-state index contributed by atoms with van der Waals surface area (Å²) in [6.07, 6.45) is 0.889. The van der Waals surface area contributed by atoms with Crippen molar-refractivity contribution in [3.8, 4) is 0 Å². The third-order valence-corrected chi connectivity index (χ3v) is 3.48. The van der Waals surface area contributed by atoms with Crippen LogP contribution >= 0.6 is 0 Å². The molecule has 1 aromatic carbocycles. The highest BCUT2D eigenvalue weighted by Gasteiger charge is 2.17. The number of hydrogen-bond donors (Lipinski definition) is 2. The van der Waals surface area contributed by atoms with Crippen molar-refractivity contribution in [3.63, 3.8) is 0 Å². The van der Waals surface area contributed by atoms with E-state index in [0.717, 1.165) is 36.3 Å². The normalized spacial score (nSPS) is 13.8. The molecule has 3 rings (SSSR count). The smallest absolute Gasteiger partial charge is 0.251 e. The van der Waals surface area contributed by atoms with Gasteiger partial charge >= 0.3 is 0 Å². The van der Waals surface area contributed by atoms with Crippen LogP contribution in [0.1, 0.15) is 32.9 Å². The fourth-order valence-electron chi connectivity index (χ4n) is 2.51. The number of hydrogen-bond acceptors (Lipinski definition) is 4. The van der Waals surface area contributed by atoms with Crippen molar-refractivity contribution >= 4 is 5.91 Å². The molecule has 1 aromatic heterocycles. The van der Waals surface area contributed by atoms with E-state index in [1.807, 2.05) is 25.1 Å². The second-order valence-electron chi connectivity index (χ2n) is 4.99. The number of carbonyl (C=O) groups is 1. The Hall–Kier alpha value is -2.14. The second-order valence-corrected chi connectivity index (χ2v) is 4.99. The molecule has 0 radical (unpaired) electrons. The molecule has 0 spiro atoms. The zero-order valence-corrected chi connectivity index (χ0v) is 11.4. The minimum atomic E-state index is -0.0576. The van der Waals surface area contributed by atoms with Crippen LogP contribution in [0, 0.1) is 6.92 Å². The van der Waals surface area contributed by atoms with Gasteiger partial charge in [0.15, 0.2) is 5.76 Å². The average Bonchev–Trinajstić information content (AvgIpc) is 2.90. The lowest BCUT2D eigenvalue weighted by Crippen LogP contribution is -2.29. The van der Waals surface area contributed by atoms with E-state index in [9.17, 15) is 4.79 Å². The van der Waals surface area contributed by atoms with Gasteiger partial charge in [0, 0.05) is 18.2 Å². The summed E-state index contributed by atoms with van der Waals surface area (Å²) in [6, 6.07) is 7.70. The van der Waals surface area contributed by atoms with E-state index in [1.54, 1.807) is 0 Å². The van der Waals surface area contributed by atoms with E-state index in [4.69, 9.17) is 4.52 Å². The van der Waals surface area contributed by atoms with Crippen molar-refractivity contribution < 1.29 is 9.32 Å². The van der Waals surface area contributed by atoms with Gasteiger partial charge in [-0.2, -0.15) is 0 Å². The van der Waals surface area contributed by atoms with Crippen LogP contribution in [-0.2, 0) is 19.5 Å². The van der Waals surface area contributed by atoms with Crippen LogP contribution in [0.15, 0.2) is 28.8 Å². The third-order valence-electron chi connectivity index (χ3n) is 3.48. The zero-order valence-electron chi connectivity index (χ0n) is 11.4. The number of carbonyl (C=O) groups excluding carboxylic acids is 1. The van der Waals surface area contributed by atoms with E-state index in [2.05, 4.69) is 21.9 Å². The summed E-state index contributed by atoms with van der Waals surface area (Å²) in [5, 5.41) is 10.0. The van der Waals surface area contributed by atoms with Gasteiger partial charge < -0.3 is 15.2 Å². The summed E-state index contributed by atoms with van der Waals surface area (Å²) < 4.78 is 5.09. The highest BCUT2D eigenvalue weighted by atomic mass is 16.5. The largest absolute Gasteiger partial charge is 0.359 e. The molecule has 0 saturated heterocycles. The van der Waals surface area contributed by atoms with Gasteiger partial charge in [0.1, 0.15) is 0 Å². The van der Waals surface area contributed by atoms with Crippen LogP contribution in [0.4, 0.5) is 0 Å². The number of rotatable bonds is 3. The monoisotopic (exact) mass is 271 g/mol. The highest BCUT2D eigenvalue weighted by Crippen LogP contribution is 2.18. The molecule has 2 aromatic rings. The van der Waals surface area contributed by atoms with Crippen LogP contribution < -0.4 is 10.6 Å². The Morgan fingerprint density at radius 2 is 2.40 bits per heavy atom. The predicted molar refractivity (Wildman–Crippen MR) is 74.3 cm³/mol. The Kier molecular flexibility index (Phi) is 3.52. The molecule has 2 heterocycles. The highest BCUT2D eigenvalue weighted by molar-refractivity contribution is 5.96.